The molecule has 0 radical (unpaired) electrons. The van der Waals surface area contributed by atoms with Gasteiger partial charge in [-0.3, -0.25) is 23.9 Å². The maximum absolute atomic E-state index is 15.8. The van der Waals surface area contributed by atoms with E-state index in [1.165, 1.54) is 53.9 Å². The molecule has 17 heteroatoms. The van der Waals surface area contributed by atoms with Gasteiger partial charge in [0.2, 0.25) is 0 Å². The van der Waals surface area contributed by atoms with Crippen LogP contribution in [-0.4, -0.2) is 50.9 Å². The van der Waals surface area contributed by atoms with Gasteiger partial charge in [0.1, 0.15) is 22.9 Å². The van der Waals surface area contributed by atoms with E-state index in [1.807, 2.05) is 25.3 Å². The molecule has 62 heavy (non-hydrogen) atoms. The Morgan fingerprint density at radius 2 is 1.69 bits per heavy atom. The smallest absolute Gasteiger partial charge is 0.306 e. The summed E-state index contributed by atoms with van der Waals surface area (Å²) >= 11 is 1.52. The minimum atomic E-state index is -4.07. The monoisotopic (exact) mass is 872 g/mol. The molecule has 0 bridgehead atoms. The lowest BCUT2D eigenvalue weighted by Crippen LogP contribution is -2.27. The van der Waals surface area contributed by atoms with Crippen LogP contribution in [0.15, 0.2) is 88.9 Å². The van der Waals surface area contributed by atoms with E-state index < -0.39 is 51.2 Å². The minimum Gasteiger partial charge on any atom is -0.481 e. The van der Waals surface area contributed by atoms with Gasteiger partial charge in [0.05, 0.1) is 45.4 Å². The quantitative estimate of drug-likeness (QED) is 0.0990. The van der Waals surface area contributed by atoms with Crippen molar-refractivity contribution in [1.29, 1.82) is 5.26 Å². The standard InChI is InChI=1S/C45H38F2N8O5S2/c1-6-26-13-18-34(42-38(26)30(20-48)21-49-42)54-62(59,60)31-14-11-27(12-15-31)23(3)50-44(58)33-17-16-32(39(46)40(33)47)28-7-9-29(10-8-28)41-37-22(2)24(4)61-45(37)55-25(5)52-53-43(55)35(51-41)19-36(56)57/h7-18,21,23,35,49,54H,6,19H2,1-5H3,(H,50,58)(H,56,57)/t23?,35-/m0/s1. The van der Waals surface area contributed by atoms with Crippen LogP contribution in [0.25, 0.3) is 27.0 Å². The number of anilines is 1. The number of thiophene rings is 1. The number of nitriles is 1. The second-order valence-corrected chi connectivity index (χ2v) is 17.8. The number of aliphatic carboxylic acids is 1. The molecule has 1 unspecified atom stereocenters. The number of aromatic amines is 1. The van der Waals surface area contributed by atoms with Gasteiger partial charge in [-0.2, -0.15) is 5.26 Å². The molecule has 3 aromatic heterocycles. The number of fused-ring (bicyclic) bond motifs is 4. The summed E-state index contributed by atoms with van der Waals surface area (Å²) < 4.78 is 62.7. The Labute approximate surface area is 358 Å². The summed E-state index contributed by atoms with van der Waals surface area (Å²) in [5, 5.41) is 31.9. The van der Waals surface area contributed by atoms with Crippen molar-refractivity contribution in [2.24, 2.45) is 4.99 Å². The number of carbonyl (C=O) groups excluding carboxylic acids is 1. The Bertz CT molecular complexity index is 3150. The summed E-state index contributed by atoms with van der Waals surface area (Å²) in [5.41, 5.74) is 5.26. The number of H-pyrrole nitrogens is 1. The number of amides is 1. The van der Waals surface area contributed by atoms with Gasteiger partial charge in [-0.15, -0.1) is 21.5 Å². The highest BCUT2D eigenvalue weighted by Crippen LogP contribution is 2.40. The van der Waals surface area contributed by atoms with Gasteiger partial charge in [0, 0.05) is 33.2 Å². The predicted molar refractivity (Wildman–Crippen MR) is 231 cm³/mol. The minimum absolute atomic E-state index is 0.0531. The van der Waals surface area contributed by atoms with E-state index in [9.17, 15) is 28.4 Å². The van der Waals surface area contributed by atoms with Gasteiger partial charge in [0.15, 0.2) is 17.5 Å². The number of benzene rings is 4. The number of rotatable bonds is 11. The molecule has 4 N–H and O–H groups in total. The third-order valence-electron chi connectivity index (χ3n) is 11.1. The molecule has 4 heterocycles. The van der Waals surface area contributed by atoms with Crippen LogP contribution < -0.4 is 10.0 Å². The topological polar surface area (TPSA) is 195 Å². The van der Waals surface area contributed by atoms with Crippen LogP contribution in [0.4, 0.5) is 14.5 Å². The number of sulfonamides is 1. The molecule has 8 rings (SSSR count). The summed E-state index contributed by atoms with van der Waals surface area (Å²) in [5.74, 6) is -3.48. The van der Waals surface area contributed by atoms with Gasteiger partial charge in [0.25, 0.3) is 15.9 Å². The van der Waals surface area contributed by atoms with Crippen LogP contribution in [0.3, 0.4) is 0 Å². The molecule has 314 valence electrons. The number of halogens is 2. The fraction of sp³-hybridized carbons (Fsp3) is 0.200. The third kappa shape index (κ3) is 7.30. The second-order valence-electron chi connectivity index (χ2n) is 14.9. The summed E-state index contributed by atoms with van der Waals surface area (Å²) in [6.07, 6.45) is 1.87. The number of aryl methyl sites for hydroxylation is 3. The van der Waals surface area contributed by atoms with Crippen molar-refractivity contribution in [2.45, 2.75) is 64.4 Å². The molecule has 0 saturated heterocycles. The van der Waals surface area contributed by atoms with Crippen molar-refractivity contribution < 1.29 is 31.9 Å². The predicted octanol–water partition coefficient (Wildman–Crippen LogP) is 8.77. The summed E-state index contributed by atoms with van der Waals surface area (Å²) in [6, 6.07) is 18.9. The Morgan fingerprint density at radius 3 is 2.37 bits per heavy atom. The number of nitrogens with zero attached hydrogens (tertiary/aromatic N) is 5. The van der Waals surface area contributed by atoms with Gasteiger partial charge < -0.3 is 15.4 Å². The fourth-order valence-corrected chi connectivity index (χ4v) is 10.0. The Morgan fingerprint density at radius 1 is 0.984 bits per heavy atom. The highest BCUT2D eigenvalue weighted by Gasteiger charge is 2.33. The van der Waals surface area contributed by atoms with Gasteiger partial charge in [-0.1, -0.05) is 55.5 Å². The second kappa shape index (κ2) is 16.1. The van der Waals surface area contributed by atoms with Gasteiger partial charge in [-0.05, 0) is 80.6 Å². The molecule has 13 nitrogen and oxygen atoms in total. The van der Waals surface area contributed by atoms with E-state index in [-0.39, 0.29) is 22.6 Å². The van der Waals surface area contributed by atoms with Crippen LogP contribution in [-0.2, 0) is 21.2 Å². The Balaban J connectivity index is 0.994. The number of carboxylic acid groups (broad SMARTS) is 1. The lowest BCUT2D eigenvalue weighted by atomic mass is 9.96. The van der Waals surface area contributed by atoms with Gasteiger partial charge in [-0.25, -0.2) is 17.2 Å². The maximum Gasteiger partial charge on any atom is 0.306 e. The molecule has 7 aromatic rings. The number of aromatic nitrogens is 4. The normalized spacial score (nSPS) is 14.0. The summed E-state index contributed by atoms with van der Waals surface area (Å²) in [7, 11) is -4.07. The first-order valence-electron chi connectivity index (χ1n) is 19.5. The first kappa shape index (κ1) is 41.7. The maximum atomic E-state index is 15.8. The van der Waals surface area contributed by atoms with E-state index in [4.69, 9.17) is 4.99 Å². The van der Waals surface area contributed by atoms with Crippen molar-refractivity contribution in [3.63, 3.8) is 0 Å². The van der Waals surface area contributed by atoms with Crippen molar-refractivity contribution in [3.8, 4) is 22.2 Å². The van der Waals surface area contributed by atoms with Crippen LogP contribution in [0.1, 0.15) is 92.6 Å². The Hall–Kier alpha value is -7.03. The SMILES string of the molecule is CCc1ccc(NS(=O)(=O)c2ccc(C(C)NC(=O)c3ccc(-c4ccc(C5=N[C@@H](CC(=O)O)c6nnc(C)n6-c6sc(C)c(C)c65)cc4)c(F)c3F)cc2)c2[nH]cc(C#N)c12. The highest BCUT2D eigenvalue weighted by atomic mass is 32.2. The van der Waals surface area contributed by atoms with E-state index in [0.29, 0.717) is 56.9 Å². The molecule has 0 saturated carbocycles. The average molecular weight is 873 g/mol. The van der Waals surface area contributed by atoms with E-state index in [1.54, 1.807) is 50.2 Å². The van der Waals surface area contributed by atoms with Crippen LogP contribution in [0, 0.1) is 43.7 Å². The molecule has 0 aliphatic carbocycles. The third-order valence-corrected chi connectivity index (χ3v) is 13.7. The van der Waals surface area contributed by atoms with Crippen molar-refractivity contribution in [2.75, 3.05) is 4.72 Å². The molecule has 4 aromatic carbocycles. The molecule has 1 amide bonds. The van der Waals surface area contributed by atoms with E-state index in [2.05, 4.69) is 31.3 Å². The van der Waals surface area contributed by atoms with E-state index in [0.717, 1.165) is 26.6 Å². The summed E-state index contributed by atoms with van der Waals surface area (Å²) in [6.45, 7) is 9.32. The molecule has 0 spiro atoms. The highest BCUT2D eigenvalue weighted by molar-refractivity contribution is 7.92. The zero-order valence-corrected chi connectivity index (χ0v) is 35.6. The first-order chi connectivity index (χ1) is 29.6. The van der Waals surface area contributed by atoms with Crippen molar-refractivity contribution in [1.82, 2.24) is 25.1 Å². The average Bonchev–Trinajstić information content (AvgIpc) is 3.92. The zero-order chi connectivity index (χ0) is 44.2. The van der Waals surface area contributed by atoms with Crippen molar-refractivity contribution >= 4 is 55.5 Å². The number of carboxylic acids is 1. The lowest BCUT2D eigenvalue weighted by Gasteiger charge is -2.16. The molecule has 1 aliphatic heterocycles. The number of carbonyl (C=O) groups is 2. The largest absolute Gasteiger partial charge is 0.481 e. The van der Waals surface area contributed by atoms with Crippen molar-refractivity contribution in [3.05, 3.63) is 146 Å². The zero-order valence-electron chi connectivity index (χ0n) is 34.0. The number of hydrogen-bond donors (Lipinski definition) is 4. The molecular weight excluding hydrogens is 835 g/mol. The number of nitrogens with one attached hydrogen (secondary N) is 3. The molecule has 2 atom stereocenters. The van der Waals surface area contributed by atoms with Gasteiger partial charge >= 0.3 is 5.97 Å². The lowest BCUT2D eigenvalue weighted by molar-refractivity contribution is -0.137. The Kier molecular flexibility index (Phi) is 10.8. The van der Waals surface area contributed by atoms with E-state index >= 15 is 8.78 Å². The molecule has 0 fully saturated rings. The van der Waals surface area contributed by atoms with Crippen LogP contribution >= 0.6 is 11.3 Å². The molecule has 1 aliphatic rings. The first-order valence-corrected chi connectivity index (χ1v) is 21.8. The van der Waals surface area contributed by atoms with Crippen LogP contribution in [0.5, 0.6) is 0 Å². The van der Waals surface area contributed by atoms with Crippen LogP contribution in [0.2, 0.25) is 0 Å². The summed E-state index contributed by atoms with van der Waals surface area (Å²) in [4.78, 5) is 34.1. The fourth-order valence-electron chi connectivity index (χ4n) is 7.73. The molecular formula is C45H38F2N8O5S2. The number of aliphatic imine (C=N–C) groups is 1. The number of hydrogen-bond acceptors (Lipinski definition) is 9.